The number of aliphatic hydroxyl groups is 1. The van der Waals surface area contributed by atoms with Gasteiger partial charge in [-0.3, -0.25) is 0 Å². The van der Waals surface area contributed by atoms with Gasteiger partial charge in [0.15, 0.2) is 0 Å². The molecule has 114 valence electrons. The van der Waals surface area contributed by atoms with Crippen LogP contribution in [0.2, 0.25) is 0 Å². The molecular weight excluding hydrogens is 284 g/mol. The number of fused-ring (bicyclic) bond motifs is 2. The fourth-order valence-electron chi connectivity index (χ4n) is 3.10. The van der Waals surface area contributed by atoms with E-state index in [1.54, 1.807) is 6.92 Å². The monoisotopic (exact) mass is 302 g/mol. The zero-order valence-electron chi connectivity index (χ0n) is 13.0. The molecular formula is C20H18N2O. The molecule has 0 saturated carbocycles. The molecule has 0 aliphatic carbocycles. The zero-order valence-corrected chi connectivity index (χ0v) is 13.0. The molecule has 1 atom stereocenters. The van der Waals surface area contributed by atoms with E-state index in [-0.39, 0.29) is 0 Å². The van der Waals surface area contributed by atoms with Crippen molar-refractivity contribution < 1.29 is 5.11 Å². The minimum Gasteiger partial charge on any atom is -0.385 e. The first-order valence-electron chi connectivity index (χ1n) is 7.83. The number of imidazole rings is 1. The van der Waals surface area contributed by atoms with E-state index in [4.69, 9.17) is 0 Å². The molecule has 0 fully saturated rings. The molecule has 0 radical (unpaired) electrons. The van der Waals surface area contributed by atoms with Gasteiger partial charge in [0, 0.05) is 6.54 Å². The fraction of sp³-hybridized carbons (Fsp3) is 0.150. The van der Waals surface area contributed by atoms with Gasteiger partial charge in [-0.2, -0.15) is 0 Å². The third kappa shape index (κ3) is 2.49. The van der Waals surface area contributed by atoms with E-state index in [1.165, 1.54) is 16.3 Å². The topological polar surface area (TPSA) is 38.1 Å². The Labute approximate surface area is 134 Å². The summed E-state index contributed by atoms with van der Waals surface area (Å²) in [5, 5.41) is 12.5. The van der Waals surface area contributed by atoms with Crippen molar-refractivity contribution >= 4 is 21.8 Å². The number of para-hydroxylation sites is 2. The second kappa shape index (κ2) is 5.52. The maximum Gasteiger partial charge on any atom is 0.138 e. The first-order valence-corrected chi connectivity index (χ1v) is 7.83. The molecule has 3 aromatic carbocycles. The summed E-state index contributed by atoms with van der Waals surface area (Å²) in [7, 11) is 0. The lowest BCUT2D eigenvalue weighted by Gasteiger charge is -2.12. The van der Waals surface area contributed by atoms with Gasteiger partial charge in [-0.25, -0.2) is 4.98 Å². The molecule has 3 nitrogen and oxygen atoms in total. The van der Waals surface area contributed by atoms with Crippen LogP contribution in [0.15, 0.2) is 66.7 Å². The molecule has 4 rings (SSSR count). The number of aromatic nitrogens is 2. The standard InChI is InChI=1S/C20H18N2O/c1-14(23)20-21-18-8-4-5-9-19(18)22(20)13-15-10-11-16-6-2-3-7-17(16)12-15/h2-12,14,23H,13H2,1H3. The Balaban J connectivity index is 1.83. The maximum atomic E-state index is 10.1. The highest BCUT2D eigenvalue weighted by Crippen LogP contribution is 2.23. The number of hydrogen-bond acceptors (Lipinski definition) is 2. The lowest BCUT2D eigenvalue weighted by molar-refractivity contribution is 0.185. The van der Waals surface area contributed by atoms with Crippen LogP contribution < -0.4 is 0 Å². The summed E-state index contributed by atoms with van der Waals surface area (Å²) >= 11 is 0. The lowest BCUT2D eigenvalue weighted by atomic mass is 10.1. The predicted octanol–water partition coefficient (Wildman–Crippen LogP) is 4.29. The second-order valence-corrected chi connectivity index (χ2v) is 5.90. The van der Waals surface area contributed by atoms with Crippen LogP contribution in [-0.4, -0.2) is 14.7 Å². The summed E-state index contributed by atoms with van der Waals surface area (Å²) in [5.74, 6) is 0.708. The molecule has 0 amide bonds. The summed E-state index contributed by atoms with van der Waals surface area (Å²) < 4.78 is 2.10. The van der Waals surface area contributed by atoms with E-state index >= 15 is 0 Å². The van der Waals surface area contributed by atoms with E-state index < -0.39 is 6.10 Å². The van der Waals surface area contributed by atoms with Crippen molar-refractivity contribution in [2.75, 3.05) is 0 Å². The number of nitrogens with zero attached hydrogens (tertiary/aromatic N) is 2. The normalized spacial score (nSPS) is 12.8. The predicted molar refractivity (Wildman–Crippen MR) is 93.4 cm³/mol. The molecule has 0 aliphatic heterocycles. The van der Waals surface area contributed by atoms with Gasteiger partial charge in [0.05, 0.1) is 11.0 Å². The Hall–Kier alpha value is -2.65. The number of rotatable bonds is 3. The highest BCUT2D eigenvalue weighted by atomic mass is 16.3. The Morgan fingerprint density at radius 2 is 1.70 bits per heavy atom. The summed E-state index contributed by atoms with van der Waals surface area (Å²) in [5.41, 5.74) is 3.18. The Bertz CT molecular complexity index is 985. The van der Waals surface area contributed by atoms with Gasteiger partial charge in [-0.15, -0.1) is 0 Å². The number of benzene rings is 3. The largest absolute Gasteiger partial charge is 0.385 e. The SMILES string of the molecule is CC(O)c1nc2ccccc2n1Cc1ccc2ccccc2c1. The molecule has 1 unspecified atom stereocenters. The first kappa shape index (κ1) is 14.0. The van der Waals surface area contributed by atoms with Crippen molar-refractivity contribution in [2.45, 2.75) is 19.6 Å². The van der Waals surface area contributed by atoms with Gasteiger partial charge in [-0.1, -0.05) is 48.5 Å². The van der Waals surface area contributed by atoms with Crippen molar-refractivity contribution in [1.82, 2.24) is 9.55 Å². The van der Waals surface area contributed by atoms with Gasteiger partial charge in [0.2, 0.25) is 0 Å². The van der Waals surface area contributed by atoms with E-state index in [2.05, 4.69) is 58.1 Å². The minimum atomic E-state index is -0.595. The maximum absolute atomic E-state index is 10.1. The molecule has 3 heteroatoms. The van der Waals surface area contributed by atoms with Crippen LogP contribution in [0, 0.1) is 0 Å². The van der Waals surface area contributed by atoms with E-state index in [9.17, 15) is 5.11 Å². The molecule has 1 heterocycles. The molecule has 0 bridgehead atoms. The van der Waals surface area contributed by atoms with E-state index in [1.807, 2.05) is 18.2 Å². The highest BCUT2D eigenvalue weighted by Gasteiger charge is 2.14. The summed E-state index contributed by atoms with van der Waals surface area (Å²) in [6.45, 7) is 2.46. The quantitative estimate of drug-likeness (QED) is 0.613. The third-order valence-corrected chi connectivity index (χ3v) is 4.21. The van der Waals surface area contributed by atoms with Gasteiger partial charge >= 0.3 is 0 Å². The van der Waals surface area contributed by atoms with Crippen LogP contribution in [-0.2, 0) is 6.54 Å². The van der Waals surface area contributed by atoms with Gasteiger partial charge < -0.3 is 9.67 Å². The fourth-order valence-corrected chi connectivity index (χ4v) is 3.10. The van der Waals surface area contributed by atoms with Crippen LogP contribution in [0.4, 0.5) is 0 Å². The van der Waals surface area contributed by atoms with Crippen molar-refractivity contribution in [3.8, 4) is 0 Å². The average Bonchev–Trinajstić information content (AvgIpc) is 2.94. The average molecular weight is 302 g/mol. The Morgan fingerprint density at radius 1 is 0.957 bits per heavy atom. The smallest absolute Gasteiger partial charge is 0.138 e. The molecule has 0 saturated heterocycles. The summed E-state index contributed by atoms with van der Waals surface area (Å²) in [6.07, 6.45) is -0.595. The van der Waals surface area contributed by atoms with E-state index in [0.29, 0.717) is 12.4 Å². The van der Waals surface area contributed by atoms with Crippen LogP contribution in [0.5, 0.6) is 0 Å². The van der Waals surface area contributed by atoms with Gasteiger partial charge in [0.25, 0.3) is 0 Å². The molecule has 23 heavy (non-hydrogen) atoms. The van der Waals surface area contributed by atoms with Crippen LogP contribution in [0.1, 0.15) is 24.4 Å². The molecule has 1 N–H and O–H groups in total. The molecule has 1 aromatic heterocycles. The van der Waals surface area contributed by atoms with Crippen molar-refractivity contribution in [3.63, 3.8) is 0 Å². The summed E-state index contributed by atoms with van der Waals surface area (Å²) in [6, 6.07) is 22.9. The molecule has 0 aliphatic rings. The van der Waals surface area contributed by atoms with Crippen molar-refractivity contribution in [3.05, 3.63) is 78.1 Å². The summed E-state index contributed by atoms with van der Waals surface area (Å²) in [4.78, 5) is 4.58. The van der Waals surface area contributed by atoms with Crippen LogP contribution in [0.25, 0.3) is 21.8 Å². The van der Waals surface area contributed by atoms with Crippen LogP contribution in [0.3, 0.4) is 0 Å². The van der Waals surface area contributed by atoms with Crippen molar-refractivity contribution in [1.29, 1.82) is 0 Å². The number of aliphatic hydroxyl groups excluding tert-OH is 1. The van der Waals surface area contributed by atoms with Crippen LogP contribution >= 0.6 is 0 Å². The molecule has 0 spiro atoms. The third-order valence-electron chi connectivity index (χ3n) is 4.21. The van der Waals surface area contributed by atoms with Gasteiger partial charge in [0.1, 0.15) is 11.9 Å². The van der Waals surface area contributed by atoms with Crippen molar-refractivity contribution in [2.24, 2.45) is 0 Å². The first-order chi connectivity index (χ1) is 11.2. The Kier molecular flexibility index (Phi) is 3.36. The zero-order chi connectivity index (χ0) is 15.8. The lowest BCUT2D eigenvalue weighted by Crippen LogP contribution is -2.07. The highest BCUT2D eigenvalue weighted by molar-refractivity contribution is 5.83. The molecule has 4 aromatic rings. The second-order valence-electron chi connectivity index (χ2n) is 5.90. The Morgan fingerprint density at radius 3 is 2.52 bits per heavy atom. The van der Waals surface area contributed by atoms with Gasteiger partial charge in [-0.05, 0) is 41.5 Å². The van der Waals surface area contributed by atoms with E-state index in [0.717, 1.165) is 11.0 Å². The minimum absolute atomic E-state index is 0.595. The number of hydrogen-bond donors (Lipinski definition) is 1.